The van der Waals surface area contributed by atoms with Crippen LogP contribution in [0.2, 0.25) is 0 Å². The lowest BCUT2D eigenvalue weighted by molar-refractivity contribution is 0.254. The number of fused-ring (bicyclic) bond motifs is 1. The molecule has 1 fully saturated rings. The molecule has 0 radical (unpaired) electrons. The molecule has 1 aliphatic carbocycles. The summed E-state index contributed by atoms with van der Waals surface area (Å²) in [6.07, 6.45) is 3.52. The molecule has 3 rings (SSSR count). The van der Waals surface area contributed by atoms with Crippen LogP contribution < -0.4 is 5.73 Å². The van der Waals surface area contributed by atoms with Gasteiger partial charge in [0.15, 0.2) is 0 Å². The summed E-state index contributed by atoms with van der Waals surface area (Å²) in [7, 11) is 2.13. The van der Waals surface area contributed by atoms with E-state index in [-0.39, 0.29) is 5.54 Å². The molecule has 1 saturated carbocycles. The number of hydrogen-bond donors (Lipinski definition) is 1. The molecule has 84 valence electrons. The first-order valence-electron chi connectivity index (χ1n) is 5.97. The summed E-state index contributed by atoms with van der Waals surface area (Å²) in [6.45, 7) is 2.18. The largest absolute Gasteiger partial charge is 0.348 e. The number of benzene rings is 1. The number of nitrogens with zero attached hydrogens (tertiary/aromatic N) is 1. The second-order valence-electron chi connectivity index (χ2n) is 5.05. The highest BCUT2D eigenvalue weighted by molar-refractivity contribution is 5.86. The summed E-state index contributed by atoms with van der Waals surface area (Å²) in [5.74, 6) is 0. The highest BCUT2D eigenvalue weighted by Crippen LogP contribution is 2.44. The first kappa shape index (κ1) is 9.91. The van der Waals surface area contributed by atoms with Crippen LogP contribution in [-0.4, -0.2) is 4.57 Å². The molecule has 0 atom stereocenters. The molecule has 0 saturated heterocycles. The molecule has 1 aromatic carbocycles. The number of aryl methyl sites for hydroxylation is 1. The Hall–Kier alpha value is -1.28. The lowest BCUT2D eigenvalue weighted by atomic mass is 9.72. The minimum Gasteiger partial charge on any atom is -0.348 e. The minimum absolute atomic E-state index is 0.0645. The Kier molecular flexibility index (Phi) is 1.93. The van der Waals surface area contributed by atoms with E-state index in [4.69, 9.17) is 5.73 Å². The Morgan fingerprint density at radius 1 is 1.25 bits per heavy atom. The third-order valence-electron chi connectivity index (χ3n) is 4.14. The monoisotopic (exact) mass is 214 g/mol. The molecule has 2 N–H and O–H groups in total. The van der Waals surface area contributed by atoms with Gasteiger partial charge in [-0.05, 0) is 32.3 Å². The van der Waals surface area contributed by atoms with Crippen LogP contribution in [0.3, 0.4) is 0 Å². The molecule has 0 bridgehead atoms. The zero-order valence-corrected chi connectivity index (χ0v) is 9.96. The van der Waals surface area contributed by atoms with E-state index in [0.29, 0.717) is 0 Å². The fourth-order valence-corrected chi connectivity index (χ4v) is 2.96. The summed E-state index contributed by atoms with van der Waals surface area (Å²) in [6, 6.07) is 8.57. The van der Waals surface area contributed by atoms with Crippen LogP contribution in [0.5, 0.6) is 0 Å². The highest BCUT2D eigenvalue weighted by atomic mass is 15.0. The molecule has 0 aliphatic heterocycles. The van der Waals surface area contributed by atoms with Crippen molar-refractivity contribution in [1.29, 1.82) is 0 Å². The standard InChI is InChI=1S/C14H18N2/c1-10-13(14(15)8-5-9-14)11-6-3-4-7-12(11)16(10)2/h3-4,6-7H,5,8-9,15H2,1-2H3. The molecule has 2 heteroatoms. The van der Waals surface area contributed by atoms with E-state index >= 15 is 0 Å². The fraction of sp³-hybridized carbons (Fsp3) is 0.429. The lowest BCUT2D eigenvalue weighted by Crippen LogP contribution is -2.43. The second-order valence-corrected chi connectivity index (χ2v) is 5.05. The molecule has 1 heterocycles. The maximum Gasteiger partial charge on any atom is 0.0483 e. The summed E-state index contributed by atoms with van der Waals surface area (Å²) in [5, 5.41) is 1.34. The summed E-state index contributed by atoms with van der Waals surface area (Å²) >= 11 is 0. The zero-order valence-electron chi connectivity index (χ0n) is 9.96. The van der Waals surface area contributed by atoms with E-state index < -0.39 is 0 Å². The highest BCUT2D eigenvalue weighted by Gasteiger charge is 2.38. The average molecular weight is 214 g/mol. The maximum absolute atomic E-state index is 6.49. The van der Waals surface area contributed by atoms with Gasteiger partial charge in [-0.2, -0.15) is 0 Å². The number of aromatic nitrogens is 1. The van der Waals surface area contributed by atoms with E-state index in [1.165, 1.54) is 28.6 Å². The van der Waals surface area contributed by atoms with Gasteiger partial charge in [0.05, 0.1) is 0 Å². The lowest BCUT2D eigenvalue weighted by Gasteiger charge is -2.39. The second kappa shape index (κ2) is 3.11. The van der Waals surface area contributed by atoms with Gasteiger partial charge in [-0.15, -0.1) is 0 Å². The number of hydrogen-bond acceptors (Lipinski definition) is 1. The SMILES string of the molecule is Cc1c(C2(N)CCC2)c2ccccc2n1C. The van der Waals surface area contributed by atoms with Crippen molar-refractivity contribution in [2.24, 2.45) is 12.8 Å². The van der Waals surface area contributed by atoms with Gasteiger partial charge >= 0.3 is 0 Å². The number of para-hydroxylation sites is 1. The number of rotatable bonds is 1. The van der Waals surface area contributed by atoms with Crippen molar-refractivity contribution in [3.8, 4) is 0 Å². The maximum atomic E-state index is 6.49. The first-order valence-corrected chi connectivity index (χ1v) is 5.97. The van der Waals surface area contributed by atoms with Crippen LogP contribution >= 0.6 is 0 Å². The average Bonchev–Trinajstić information content (AvgIpc) is 2.50. The van der Waals surface area contributed by atoms with Gasteiger partial charge in [0.25, 0.3) is 0 Å². The van der Waals surface area contributed by atoms with Crippen molar-refractivity contribution in [3.63, 3.8) is 0 Å². The normalized spacial score (nSPS) is 18.7. The number of nitrogens with two attached hydrogens (primary N) is 1. The van der Waals surface area contributed by atoms with E-state index in [0.717, 1.165) is 12.8 Å². The molecule has 1 aromatic heterocycles. The molecular formula is C14H18N2. The predicted octanol–water partition coefficient (Wildman–Crippen LogP) is 2.82. The van der Waals surface area contributed by atoms with Crippen LogP contribution in [0, 0.1) is 6.92 Å². The molecule has 0 spiro atoms. The van der Waals surface area contributed by atoms with Crippen LogP contribution in [0.25, 0.3) is 10.9 Å². The van der Waals surface area contributed by atoms with Gasteiger partial charge < -0.3 is 10.3 Å². The molecular weight excluding hydrogens is 196 g/mol. The quantitative estimate of drug-likeness (QED) is 0.777. The third-order valence-corrected chi connectivity index (χ3v) is 4.14. The van der Waals surface area contributed by atoms with Gasteiger partial charge in [-0.3, -0.25) is 0 Å². The molecule has 1 aliphatic rings. The zero-order chi connectivity index (χ0) is 11.3. The van der Waals surface area contributed by atoms with Gasteiger partial charge in [0, 0.05) is 34.7 Å². The van der Waals surface area contributed by atoms with Gasteiger partial charge in [0.2, 0.25) is 0 Å². The summed E-state index contributed by atoms with van der Waals surface area (Å²) in [4.78, 5) is 0. The van der Waals surface area contributed by atoms with Crippen LogP contribution in [-0.2, 0) is 12.6 Å². The molecule has 2 nitrogen and oxygen atoms in total. The van der Waals surface area contributed by atoms with E-state index in [1.807, 2.05) is 0 Å². The molecule has 2 aromatic rings. The Morgan fingerprint density at radius 2 is 1.94 bits per heavy atom. The van der Waals surface area contributed by atoms with Gasteiger partial charge in [0.1, 0.15) is 0 Å². The smallest absolute Gasteiger partial charge is 0.0483 e. The van der Waals surface area contributed by atoms with Crippen molar-refractivity contribution in [2.45, 2.75) is 31.7 Å². The summed E-state index contributed by atoms with van der Waals surface area (Å²) < 4.78 is 2.26. The fourth-order valence-electron chi connectivity index (χ4n) is 2.96. The first-order chi connectivity index (χ1) is 7.63. The topological polar surface area (TPSA) is 30.9 Å². The van der Waals surface area contributed by atoms with Crippen LogP contribution in [0.15, 0.2) is 24.3 Å². The van der Waals surface area contributed by atoms with Crippen molar-refractivity contribution in [2.75, 3.05) is 0 Å². The third kappa shape index (κ3) is 1.11. The van der Waals surface area contributed by atoms with E-state index in [9.17, 15) is 0 Å². The van der Waals surface area contributed by atoms with Crippen LogP contribution in [0.4, 0.5) is 0 Å². The van der Waals surface area contributed by atoms with E-state index in [2.05, 4.69) is 42.8 Å². The Balaban J connectivity index is 2.35. The summed E-state index contributed by atoms with van der Waals surface area (Å²) in [5.41, 5.74) is 10.4. The van der Waals surface area contributed by atoms with Crippen molar-refractivity contribution >= 4 is 10.9 Å². The Labute approximate surface area is 96.1 Å². The van der Waals surface area contributed by atoms with Gasteiger partial charge in [-0.1, -0.05) is 18.2 Å². The Morgan fingerprint density at radius 3 is 2.56 bits per heavy atom. The molecule has 0 amide bonds. The van der Waals surface area contributed by atoms with E-state index in [1.54, 1.807) is 0 Å². The molecule has 16 heavy (non-hydrogen) atoms. The van der Waals surface area contributed by atoms with Crippen molar-refractivity contribution < 1.29 is 0 Å². The van der Waals surface area contributed by atoms with Crippen molar-refractivity contribution in [1.82, 2.24) is 4.57 Å². The molecule has 0 unspecified atom stereocenters. The minimum atomic E-state index is -0.0645. The Bertz CT molecular complexity index is 547. The van der Waals surface area contributed by atoms with Gasteiger partial charge in [-0.25, -0.2) is 0 Å². The van der Waals surface area contributed by atoms with Crippen LogP contribution in [0.1, 0.15) is 30.5 Å². The predicted molar refractivity (Wildman–Crippen MR) is 67.4 cm³/mol. The van der Waals surface area contributed by atoms with Crippen molar-refractivity contribution in [3.05, 3.63) is 35.5 Å².